The van der Waals surface area contributed by atoms with Gasteiger partial charge in [-0.25, -0.2) is 4.68 Å². The van der Waals surface area contributed by atoms with Crippen molar-refractivity contribution in [3.8, 4) is 17.2 Å². The fourth-order valence-corrected chi connectivity index (χ4v) is 4.28. The Balaban J connectivity index is 1.55. The lowest BCUT2D eigenvalue weighted by atomic mass is 10.3. The van der Waals surface area contributed by atoms with Crippen molar-refractivity contribution in [3.05, 3.63) is 58.6 Å². The molecule has 0 fully saturated rings. The highest BCUT2D eigenvalue weighted by Gasteiger charge is 2.06. The van der Waals surface area contributed by atoms with E-state index in [4.69, 9.17) is 21.7 Å². The van der Waals surface area contributed by atoms with Gasteiger partial charge >= 0.3 is 0 Å². The molecule has 0 atom stereocenters. The molecule has 3 aromatic rings. The van der Waals surface area contributed by atoms with Crippen molar-refractivity contribution in [2.24, 2.45) is 0 Å². The quantitative estimate of drug-likeness (QED) is 0.335. The molecule has 0 saturated heterocycles. The van der Waals surface area contributed by atoms with E-state index in [1.54, 1.807) is 23.6 Å². The van der Waals surface area contributed by atoms with Crippen LogP contribution in [0.15, 0.2) is 58.9 Å². The zero-order valence-electron chi connectivity index (χ0n) is 13.0. The van der Waals surface area contributed by atoms with Crippen molar-refractivity contribution in [2.75, 3.05) is 19.5 Å². The molecule has 0 N–H and O–H groups in total. The number of methoxy groups -OCH3 is 1. The Morgan fingerprint density at radius 1 is 1.12 bits per heavy atom. The number of para-hydroxylation sites is 1. The van der Waals surface area contributed by atoms with Gasteiger partial charge in [-0.3, -0.25) is 0 Å². The second-order valence-electron chi connectivity index (χ2n) is 4.76. The summed E-state index contributed by atoms with van der Waals surface area (Å²) in [7, 11) is 1.64. The van der Waals surface area contributed by atoms with Gasteiger partial charge in [-0.05, 0) is 36.5 Å². The summed E-state index contributed by atoms with van der Waals surface area (Å²) in [4.78, 5) is 0. The van der Waals surface area contributed by atoms with Gasteiger partial charge in [0.1, 0.15) is 11.5 Å². The van der Waals surface area contributed by atoms with Gasteiger partial charge in [0.2, 0.25) is 0 Å². The van der Waals surface area contributed by atoms with Crippen LogP contribution in [-0.4, -0.2) is 29.3 Å². The number of hydrogen-bond acceptors (Lipinski definition) is 6. The number of aromatic nitrogens is 2. The third kappa shape index (κ3) is 4.37. The van der Waals surface area contributed by atoms with E-state index < -0.39 is 0 Å². The topological polar surface area (TPSA) is 36.3 Å². The van der Waals surface area contributed by atoms with E-state index in [1.165, 1.54) is 11.3 Å². The summed E-state index contributed by atoms with van der Waals surface area (Å²) in [5.74, 6) is 2.39. The maximum Gasteiger partial charge on any atom is 0.184 e. The average Bonchev–Trinajstić information content (AvgIpc) is 3.00. The van der Waals surface area contributed by atoms with Crippen molar-refractivity contribution in [1.29, 1.82) is 0 Å². The Hall–Kier alpha value is -1.83. The van der Waals surface area contributed by atoms with Gasteiger partial charge in [0.25, 0.3) is 0 Å². The van der Waals surface area contributed by atoms with Gasteiger partial charge in [-0.2, -0.15) is 0 Å². The molecule has 0 spiro atoms. The molecule has 0 bridgehead atoms. The van der Waals surface area contributed by atoms with Gasteiger partial charge in [-0.1, -0.05) is 47.4 Å². The average molecular weight is 377 g/mol. The number of ether oxygens (including phenoxy) is 2. The minimum absolute atomic E-state index is 0.593. The third-order valence-electron chi connectivity index (χ3n) is 3.15. The van der Waals surface area contributed by atoms with Crippen molar-refractivity contribution >= 4 is 35.3 Å². The summed E-state index contributed by atoms with van der Waals surface area (Å²) in [5, 5.41) is 4.57. The van der Waals surface area contributed by atoms with E-state index in [0.717, 1.165) is 31.2 Å². The Morgan fingerprint density at radius 3 is 2.71 bits per heavy atom. The lowest BCUT2D eigenvalue weighted by Crippen LogP contribution is -2.00. The summed E-state index contributed by atoms with van der Waals surface area (Å²) in [6.45, 7) is 0.593. The lowest BCUT2D eigenvalue weighted by Gasteiger charge is -2.06. The predicted molar refractivity (Wildman–Crippen MR) is 101 cm³/mol. The number of rotatable bonds is 7. The lowest BCUT2D eigenvalue weighted by molar-refractivity contribution is 0.339. The molecule has 4 nitrogen and oxygen atoms in total. The zero-order valence-corrected chi connectivity index (χ0v) is 15.5. The summed E-state index contributed by atoms with van der Waals surface area (Å²) in [6, 6.07) is 17.5. The van der Waals surface area contributed by atoms with Gasteiger partial charge in [0, 0.05) is 11.8 Å². The molecule has 2 aromatic carbocycles. The first-order valence-corrected chi connectivity index (χ1v) is 9.52. The first-order chi connectivity index (χ1) is 11.8. The first kappa shape index (κ1) is 17.0. The maximum atomic E-state index is 5.74. The molecule has 3 rings (SSSR count). The molecule has 7 heteroatoms. The van der Waals surface area contributed by atoms with Crippen LogP contribution >= 0.6 is 35.3 Å². The van der Waals surface area contributed by atoms with Crippen LogP contribution in [0.1, 0.15) is 0 Å². The van der Waals surface area contributed by atoms with E-state index >= 15 is 0 Å². The van der Waals surface area contributed by atoms with Gasteiger partial charge < -0.3 is 9.47 Å². The molecular formula is C17H16N2O2S3. The highest BCUT2D eigenvalue weighted by atomic mass is 32.2. The van der Waals surface area contributed by atoms with Gasteiger partial charge in [0.15, 0.2) is 8.29 Å². The normalized spacial score (nSPS) is 10.5. The molecule has 1 heterocycles. The van der Waals surface area contributed by atoms with Crippen LogP contribution in [0.4, 0.5) is 0 Å². The number of benzene rings is 2. The summed E-state index contributed by atoms with van der Waals surface area (Å²) in [6.07, 6.45) is 0. The number of nitrogens with zero attached hydrogens (tertiary/aromatic N) is 2. The van der Waals surface area contributed by atoms with Crippen LogP contribution in [0.2, 0.25) is 0 Å². The third-order valence-corrected chi connectivity index (χ3v) is 5.48. The molecule has 0 aliphatic carbocycles. The fraction of sp³-hybridized carbons (Fsp3) is 0.176. The molecule has 24 heavy (non-hydrogen) atoms. The van der Waals surface area contributed by atoms with Crippen LogP contribution in [0.25, 0.3) is 5.69 Å². The molecule has 0 unspecified atom stereocenters. The second-order valence-corrected chi connectivity index (χ2v) is 7.72. The Kier molecular flexibility index (Phi) is 5.90. The summed E-state index contributed by atoms with van der Waals surface area (Å²) in [5.41, 5.74) is 0.984. The van der Waals surface area contributed by atoms with Crippen molar-refractivity contribution < 1.29 is 9.47 Å². The van der Waals surface area contributed by atoms with Crippen LogP contribution in [-0.2, 0) is 0 Å². The standard InChI is InChI=1S/C17H16N2O2S3/c1-20-14-8-5-9-15(12-14)21-10-11-23-16-18-19(17(22)24-16)13-6-3-2-4-7-13/h2-9,12H,10-11H2,1H3. The smallest absolute Gasteiger partial charge is 0.184 e. The fourth-order valence-electron chi connectivity index (χ4n) is 2.03. The van der Waals surface area contributed by atoms with Crippen LogP contribution in [0, 0.1) is 3.95 Å². The van der Waals surface area contributed by atoms with E-state index in [9.17, 15) is 0 Å². The van der Waals surface area contributed by atoms with Crippen LogP contribution in [0.5, 0.6) is 11.5 Å². The molecule has 0 aliphatic rings. The maximum absolute atomic E-state index is 5.74. The molecule has 0 saturated carbocycles. The van der Waals surface area contributed by atoms with E-state index in [2.05, 4.69) is 5.10 Å². The van der Waals surface area contributed by atoms with Gasteiger partial charge in [0.05, 0.1) is 19.4 Å². The second kappa shape index (κ2) is 8.32. The highest BCUT2D eigenvalue weighted by Crippen LogP contribution is 2.24. The summed E-state index contributed by atoms with van der Waals surface area (Å²) < 4.78 is 14.4. The molecule has 1 aromatic heterocycles. The number of hydrogen-bond donors (Lipinski definition) is 0. The highest BCUT2D eigenvalue weighted by molar-refractivity contribution is 8.01. The van der Waals surface area contributed by atoms with Crippen molar-refractivity contribution in [1.82, 2.24) is 9.78 Å². The Morgan fingerprint density at radius 2 is 1.92 bits per heavy atom. The SMILES string of the molecule is COc1cccc(OCCSc2nn(-c3ccccc3)c(=S)s2)c1. The van der Waals surface area contributed by atoms with Crippen molar-refractivity contribution in [3.63, 3.8) is 0 Å². The van der Waals surface area contributed by atoms with Gasteiger partial charge in [-0.15, -0.1) is 5.10 Å². The van der Waals surface area contributed by atoms with E-state index in [0.29, 0.717) is 6.61 Å². The van der Waals surface area contributed by atoms with Crippen molar-refractivity contribution in [2.45, 2.75) is 4.34 Å². The molecular weight excluding hydrogens is 360 g/mol. The minimum atomic E-state index is 0.593. The zero-order chi connectivity index (χ0) is 16.8. The molecule has 0 amide bonds. The van der Waals surface area contributed by atoms with Crippen LogP contribution in [0.3, 0.4) is 0 Å². The first-order valence-electron chi connectivity index (χ1n) is 7.31. The predicted octanol–water partition coefficient (Wildman–Crippen LogP) is 4.84. The Labute approximate surface area is 154 Å². The van der Waals surface area contributed by atoms with E-state index in [-0.39, 0.29) is 0 Å². The molecule has 0 radical (unpaired) electrons. The summed E-state index contributed by atoms with van der Waals surface area (Å²) >= 11 is 8.56. The monoisotopic (exact) mass is 376 g/mol. The molecule has 0 aliphatic heterocycles. The minimum Gasteiger partial charge on any atom is -0.497 e. The number of thioether (sulfide) groups is 1. The largest absolute Gasteiger partial charge is 0.497 e. The van der Waals surface area contributed by atoms with Crippen LogP contribution < -0.4 is 9.47 Å². The van der Waals surface area contributed by atoms with E-state index in [1.807, 2.05) is 54.6 Å². The molecule has 124 valence electrons. The Bertz CT molecular complexity index is 846.